The van der Waals surface area contributed by atoms with Gasteiger partial charge in [-0.05, 0) is 36.8 Å². The SMILES string of the molecule is CCCCCCOc1ccc(C(=O)N/N=C/c2c[nH]c3ccccc23)cc1. The Morgan fingerprint density at radius 2 is 1.93 bits per heavy atom. The first-order chi connectivity index (χ1) is 13.3. The molecule has 1 heterocycles. The van der Waals surface area contributed by atoms with Crippen LogP contribution in [0.4, 0.5) is 0 Å². The average molecular weight is 363 g/mol. The zero-order valence-corrected chi connectivity index (χ0v) is 15.6. The van der Waals surface area contributed by atoms with Crippen molar-refractivity contribution in [2.45, 2.75) is 32.6 Å². The van der Waals surface area contributed by atoms with E-state index < -0.39 is 0 Å². The number of ether oxygens (including phenoxy) is 1. The molecule has 0 aliphatic rings. The topological polar surface area (TPSA) is 66.5 Å². The molecule has 1 aromatic heterocycles. The number of unbranched alkanes of at least 4 members (excludes halogenated alkanes) is 3. The summed E-state index contributed by atoms with van der Waals surface area (Å²) >= 11 is 0. The van der Waals surface area contributed by atoms with Crippen LogP contribution >= 0.6 is 0 Å². The van der Waals surface area contributed by atoms with Crippen molar-refractivity contribution in [2.75, 3.05) is 6.61 Å². The minimum atomic E-state index is -0.249. The van der Waals surface area contributed by atoms with Gasteiger partial charge in [0.05, 0.1) is 12.8 Å². The van der Waals surface area contributed by atoms with Crippen molar-refractivity contribution in [1.29, 1.82) is 0 Å². The standard InChI is InChI=1S/C22H25N3O2/c1-2-3-4-7-14-27-19-12-10-17(11-13-19)22(26)25-24-16-18-15-23-21-9-6-5-8-20(18)21/h5-6,8-13,15-16,23H,2-4,7,14H2,1H3,(H,25,26)/b24-16+. The summed E-state index contributed by atoms with van der Waals surface area (Å²) in [6.07, 6.45) is 8.20. The third-order valence-electron chi connectivity index (χ3n) is 4.37. The Morgan fingerprint density at radius 1 is 1.11 bits per heavy atom. The number of aromatic amines is 1. The number of carbonyl (C=O) groups is 1. The molecule has 2 N–H and O–H groups in total. The minimum absolute atomic E-state index is 0.249. The summed E-state index contributed by atoms with van der Waals surface area (Å²) in [5.74, 6) is 0.533. The van der Waals surface area contributed by atoms with Crippen LogP contribution in [-0.4, -0.2) is 23.7 Å². The number of para-hydroxylation sites is 1. The Hall–Kier alpha value is -3.08. The molecule has 1 amide bonds. The molecule has 0 spiro atoms. The molecule has 27 heavy (non-hydrogen) atoms. The second-order valence-corrected chi connectivity index (χ2v) is 6.42. The molecule has 3 rings (SSSR count). The van der Waals surface area contributed by atoms with Crippen LogP contribution in [0.2, 0.25) is 0 Å². The number of H-pyrrole nitrogens is 1. The third-order valence-corrected chi connectivity index (χ3v) is 4.37. The van der Waals surface area contributed by atoms with Crippen molar-refractivity contribution in [2.24, 2.45) is 5.10 Å². The summed E-state index contributed by atoms with van der Waals surface area (Å²) in [6.45, 7) is 2.90. The highest BCUT2D eigenvalue weighted by Gasteiger charge is 2.05. The number of hydrazone groups is 1. The summed E-state index contributed by atoms with van der Waals surface area (Å²) < 4.78 is 5.69. The van der Waals surface area contributed by atoms with Crippen molar-refractivity contribution in [1.82, 2.24) is 10.4 Å². The summed E-state index contributed by atoms with van der Waals surface area (Å²) in [5.41, 5.74) is 5.08. The highest BCUT2D eigenvalue weighted by Crippen LogP contribution is 2.16. The first-order valence-electron chi connectivity index (χ1n) is 9.40. The number of nitrogens with zero attached hydrogens (tertiary/aromatic N) is 1. The fourth-order valence-electron chi connectivity index (χ4n) is 2.85. The maximum atomic E-state index is 12.2. The molecule has 0 unspecified atom stereocenters. The summed E-state index contributed by atoms with van der Waals surface area (Å²) in [4.78, 5) is 15.4. The van der Waals surface area contributed by atoms with Gasteiger partial charge in [0.2, 0.25) is 0 Å². The maximum Gasteiger partial charge on any atom is 0.271 e. The molecular weight excluding hydrogens is 338 g/mol. The predicted molar refractivity (Wildman–Crippen MR) is 109 cm³/mol. The van der Waals surface area contributed by atoms with Crippen LogP contribution in [-0.2, 0) is 0 Å². The van der Waals surface area contributed by atoms with Gasteiger partial charge in [-0.1, -0.05) is 44.4 Å². The lowest BCUT2D eigenvalue weighted by atomic mass is 10.2. The number of rotatable bonds is 9. The molecule has 0 fully saturated rings. The molecule has 0 bridgehead atoms. The van der Waals surface area contributed by atoms with Crippen molar-refractivity contribution in [3.63, 3.8) is 0 Å². The first kappa shape index (κ1) is 18.7. The average Bonchev–Trinajstić information content (AvgIpc) is 3.11. The molecule has 3 aromatic rings. The largest absolute Gasteiger partial charge is 0.494 e. The van der Waals surface area contributed by atoms with Gasteiger partial charge in [0, 0.05) is 28.2 Å². The lowest BCUT2D eigenvalue weighted by Crippen LogP contribution is -2.17. The maximum absolute atomic E-state index is 12.2. The van der Waals surface area contributed by atoms with Gasteiger partial charge < -0.3 is 9.72 Å². The number of aromatic nitrogens is 1. The Kier molecular flexibility index (Phi) is 6.63. The molecule has 0 aliphatic heterocycles. The van der Waals surface area contributed by atoms with Gasteiger partial charge in [-0.25, -0.2) is 5.43 Å². The van der Waals surface area contributed by atoms with Crippen LogP contribution in [0.15, 0.2) is 59.8 Å². The number of hydrogen-bond acceptors (Lipinski definition) is 3. The lowest BCUT2D eigenvalue weighted by molar-refractivity contribution is 0.0955. The quantitative estimate of drug-likeness (QED) is 0.323. The van der Waals surface area contributed by atoms with Crippen LogP contribution in [0.3, 0.4) is 0 Å². The fourth-order valence-corrected chi connectivity index (χ4v) is 2.85. The van der Waals surface area contributed by atoms with Gasteiger partial charge in [-0.2, -0.15) is 5.10 Å². The van der Waals surface area contributed by atoms with Gasteiger partial charge in [-0.3, -0.25) is 4.79 Å². The van der Waals surface area contributed by atoms with Crippen molar-refractivity contribution in [3.05, 3.63) is 65.9 Å². The summed E-state index contributed by atoms with van der Waals surface area (Å²) in [7, 11) is 0. The molecule has 0 aliphatic carbocycles. The van der Waals surface area contributed by atoms with E-state index in [4.69, 9.17) is 4.74 Å². The van der Waals surface area contributed by atoms with E-state index in [0.717, 1.165) is 28.6 Å². The molecule has 2 aromatic carbocycles. The number of fused-ring (bicyclic) bond motifs is 1. The van der Waals surface area contributed by atoms with Gasteiger partial charge >= 0.3 is 0 Å². The van der Waals surface area contributed by atoms with Crippen LogP contribution in [0.1, 0.15) is 48.5 Å². The molecular formula is C22H25N3O2. The van der Waals surface area contributed by atoms with Crippen LogP contribution in [0.5, 0.6) is 5.75 Å². The van der Waals surface area contributed by atoms with E-state index in [1.165, 1.54) is 19.3 Å². The number of nitrogens with one attached hydrogen (secondary N) is 2. The highest BCUT2D eigenvalue weighted by atomic mass is 16.5. The van der Waals surface area contributed by atoms with Crippen LogP contribution < -0.4 is 10.2 Å². The fraction of sp³-hybridized carbons (Fsp3) is 0.273. The Bertz CT molecular complexity index is 897. The van der Waals surface area contributed by atoms with Gasteiger partial charge in [-0.15, -0.1) is 0 Å². The van der Waals surface area contributed by atoms with E-state index in [1.54, 1.807) is 18.3 Å². The number of carbonyl (C=O) groups excluding carboxylic acids is 1. The Morgan fingerprint density at radius 3 is 2.74 bits per heavy atom. The second kappa shape index (κ2) is 9.57. The van der Waals surface area contributed by atoms with Crippen LogP contribution in [0.25, 0.3) is 10.9 Å². The lowest BCUT2D eigenvalue weighted by Gasteiger charge is -2.06. The Balaban J connectivity index is 1.50. The predicted octanol–water partition coefficient (Wildman–Crippen LogP) is 4.89. The second-order valence-electron chi connectivity index (χ2n) is 6.42. The van der Waals surface area contributed by atoms with Gasteiger partial charge in [0.1, 0.15) is 5.75 Å². The van der Waals surface area contributed by atoms with Gasteiger partial charge in [0.25, 0.3) is 5.91 Å². The summed E-state index contributed by atoms with van der Waals surface area (Å²) in [6, 6.07) is 15.1. The molecule has 5 nitrogen and oxygen atoms in total. The van der Waals surface area contributed by atoms with Crippen molar-refractivity contribution >= 4 is 23.0 Å². The van der Waals surface area contributed by atoms with E-state index in [0.29, 0.717) is 12.2 Å². The minimum Gasteiger partial charge on any atom is -0.494 e. The van der Waals surface area contributed by atoms with E-state index >= 15 is 0 Å². The zero-order chi connectivity index (χ0) is 18.9. The molecule has 0 saturated carbocycles. The molecule has 0 atom stereocenters. The first-order valence-corrected chi connectivity index (χ1v) is 9.40. The highest BCUT2D eigenvalue weighted by molar-refractivity contribution is 6.00. The van der Waals surface area contributed by atoms with Crippen molar-refractivity contribution in [3.8, 4) is 5.75 Å². The van der Waals surface area contributed by atoms with Gasteiger partial charge in [0.15, 0.2) is 0 Å². The van der Waals surface area contributed by atoms with Crippen LogP contribution in [0, 0.1) is 0 Å². The molecule has 5 heteroatoms. The number of amides is 1. The van der Waals surface area contributed by atoms with Crippen molar-refractivity contribution < 1.29 is 9.53 Å². The zero-order valence-electron chi connectivity index (χ0n) is 15.6. The Labute approximate surface area is 159 Å². The smallest absolute Gasteiger partial charge is 0.271 e. The number of hydrogen-bond donors (Lipinski definition) is 2. The van der Waals surface area contributed by atoms with E-state index in [2.05, 4.69) is 22.4 Å². The monoisotopic (exact) mass is 363 g/mol. The summed E-state index contributed by atoms with van der Waals surface area (Å²) in [5, 5.41) is 5.13. The molecule has 140 valence electrons. The molecule has 0 radical (unpaired) electrons. The number of benzene rings is 2. The molecule has 0 saturated heterocycles. The third kappa shape index (κ3) is 5.20. The van der Waals surface area contributed by atoms with E-state index in [-0.39, 0.29) is 5.91 Å². The van der Waals surface area contributed by atoms with E-state index in [9.17, 15) is 4.79 Å². The normalized spacial score (nSPS) is 11.1. The van der Waals surface area contributed by atoms with E-state index in [1.807, 2.05) is 42.6 Å².